The minimum Gasteiger partial charge on any atom is -0.478 e. The third-order valence-corrected chi connectivity index (χ3v) is 2.09. The molecule has 0 aliphatic heterocycles. The average Bonchev–Trinajstić information content (AvgIpc) is 2.29. The second kappa shape index (κ2) is 6.39. The zero-order valence-corrected chi connectivity index (χ0v) is 9.57. The van der Waals surface area contributed by atoms with Crippen LogP contribution in [0.15, 0.2) is 30.9 Å². The highest BCUT2D eigenvalue weighted by molar-refractivity contribution is 5.99. The number of urea groups is 1. The van der Waals surface area contributed by atoms with E-state index in [1.807, 2.05) is 0 Å². The Balaban J connectivity index is 2.76. The zero-order chi connectivity index (χ0) is 13.5. The minimum atomic E-state index is -1.24. The Morgan fingerprint density at radius 1 is 1.44 bits per heavy atom. The monoisotopic (exact) mass is 252 g/mol. The second-order valence-corrected chi connectivity index (χ2v) is 3.45. The lowest BCUT2D eigenvalue weighted by molar-refractivity contribution is 0.0698. The van der Waals surface area contributed by atoms with E-state index in [0.717, 1.165) is 18.2 Å². The van der Waals surface area contributed by atoms with Crippen LogP contribution in [0.25, 0.3) is 0 Å². The average molecular weight is 252 g/mol. The number of hydrogen-bond acceptors (Lipinski definition) is 2. The number of benzene rings is 1. The van der Waals surface area contributed by atoms with Gasteiger partial charge in [-0.3, -0.25) is 0 Å². The summed E-state index contributed by atoms with van der Waals surface area (Å²) in [5.41, 5.74) is -0.256. The number of carboxylic acid groups (broad SMARTS) is 1. The third kappa shape index (κ3) is 3.89. The van der Waals surface area contributed by atoms with Crippen molar-refractivity contribution in [2.75, 3.05) is 11.9 Å². The van der Waals surface area contributed by atoms with Crippen LogP contribution < -0.4 is 10.6 Å². The van der Waals surface area contributed by atoms with Gasteiger partial charge in [-0.2, -0.15) is 0 Å². The maximum Gasteiger partial charge on any atom is 0.337 e. The van der Waals surface area contributed by atoms with Gasteiger partial charge in [0.2, 0.25) is 0 Å². The van der Waals surface area contributed by atoms with Gasteiger partial charge in [-0.1, -0.05) is 6.08 Å². The molecule has 2 amide bonds. The van der Waals surface area contributed by atoms with Gasteiger partial charge in [0.1, 0.15) is 5.82 Å². The van der Waals surface area contributed by atoms with Gasteiger partial charge in [-0.05, 0) is 24.6 Å². The van der Waals surface area contributed by atoms with Crippen molar-refractivity contribution in [3.05, 3.63) is 42.2 Å². The maximum atomic E-state index is 13.0. The van der Waals surface area contributed by atoms with E-state index in [-0.39, 0.29) is 11.3 Å². The van der Waals surface area contributed by atoms with Crippen LogP contribution >= 0.6 is 0 Å². The number of halogens is 1. The number of aromatic carboxylic acids is 1. The maximum absolute atomic E-state index is 13.0. The summed E-state index contributed by atoms with van der Waals surface area (Å²) >= 11 is 0. The molecule has 0 saturated heterocycles. The predicted molar refractivity (Wildman–Crippen MR) is 65.2 cm³/mol. The fraction of sp³-hybridized carbons (Fsp3) is 0.167. The Bertz CT molecular complexity index is 474. The number of carbonyl (C=O) groups excluding carboxylic acids is 1. The third-order valence-electron chi connectivity index (χ3n) is 2.09. The molecule has 0 atom stereocenters. The Kier molecular flexibility index (Phi) is 4.86. The van der Waals surface area contributed by atoms with Gasteiger partial charge in [-0.25, -0.2) is 14.0 Å². The van der Waals surface area contributed by atoms with Gasteiger partial charge < -0.3 is 15.7 Å². The summed E-state index contributed by atoms with van der Waals surface area (Å²) in [5.74, 6) is -1.86. The molecule has 0 spiro atoms. The molecule has 1 aromatic rings. The SMILES string of the molecule is C=CCCNC(=O)Nc1cc(F)ccc1C(=O)O. The number of amides is 2. The van der Waals surface area contributed by atoms with E-state index in [4.69, 9.17) is 5.11 Å². The standard InChI is InChI=1S/C12H13FN2O3/c1-2-3-6-14-12(18)15-10-7-8(13)4-5-9(10)11(16)17/h2,4-5,7H,1,3,6H2,(H,16,17)(H2,14,15,18). The summed E-state index contributed by atoms with van der Waals surface area (Å²) < 4.78 is 13.0. The topological polar surface area (TPSA) is 78.4 Å². The molecule has 3 N–H and O–H groups in total. The lowest BCUT2D eigenvalue weighted by atomic mass is 10.2. The van der Waals surface area contributed by atoms with E-state index in [1.165, 1.54) is 0 Å². The number of anilines is 1. The minimum absolute atomic E-state index is 0.0846. The molecule has 0 fully saturated rings. The van der Waals surface area contributed by atoms with Crippen molar-refractivity contribution in [1.82, 2.24) is 5.32 Å². The van der Waals surface area contributed by atoms with Gasteiger partial charge >= 0.3 is 12.0 Å². The molecule has 1 rings (SSSR count). The molecular weight excluding hydrogens is 239 g/mol. The first-order valence-electron chi connectivity index (χ1n) is 5.23. The van der Waals surface area contributed by atoms with Crippen molar-refractivity contribution in [1.29, 1.82) is 0 Å². The van der Waals surface area contributed by atoms with Gasteiger partial charge in [0.15, 0.2) is 0 Å². The number of rotatable bonds is 5. The molecular formula is C12H13FN2O3. The Morgan fingerprint density at radius 3 is 2.78 bits per heavy atom. The highest BCUT2D eigenvalue weighted by atomic mass is 19.1. The molecule has 6 heteroatoms. The van der Waals surface area contributed by atoms with Crippen LogP contribution in [-0.2, 0) is 0 Å². The van der Waals surface area contributed by atoms with Gasteiger partial charge in [0.25, 0.3) is 0 Å². The van der Waals surface area contributed by atoms with Crippen molar-refractivity contribution in [3.63, 3.8) is 0 Å². The lowest BCUT2D eigenvalue weighted by Gasteiger charge is -2.09. The second-order valence-electron chi connectivity index (χ2n) is 3.45. The van der Waals surface area contributed by atoms with Crippen LogP contribution in [0.3, 0.4) is 0 Å². The Hall–Kier alpha value is -2.37. The first kappa shape index (κ1) is 13.7. The van der Waals surface area contributed by atoms with Crippen LogP contribution in [0, 0.1) is 5.82 Å². The molecule has 0 bridgehead atoms. The van der Waals surface area contributed by atoms with Crippen LogP contribution in [0.4, 0.5) is 14.9 Å². The summed E-state index contributed by atoms with van der Waals surface area (Å²) in [6.07, 6.45) is 2.22. The number of hydrogen-bond donors (Lipinski definition) is 3. The fourth-order valence-electron chi connectivity index (χ4n) is 1.26. The molecule has 18 heavy (non-hydrogen) atoms. The Labute approximate surface area is 103 Å². The summed E-state index contributed by atoms with van der Waals surface area (Å²) in [5, 5.41) is 13.6. The summed E-state index contributed by atoms with van der Waals surface area (Å²) in [6.45, 7) is 3.86. The molecule has 0 aromatic heterocycles. The van der Waals surface area contributed by atoms with Crippen LogP contribution in [0.1, 0.15) is 16.8 Å². The number of nitrogens with one attached hydrogen (secondary N) is 2. The summed E-state index contributed by atoms with van der Waals surface area (Å²) in [6, 6.07) is 2.47. The van der Waals surface area contributed by atoms with Crippen LogP contribution in [0.5, 0.6) is 0 Å². The molecule has 0 unspecified atom stereocenters. The summed E-state index contributed by atoms with van der Waals surface area (Å²) in [4.78, 5) is 22.3. The van der Waals surface area contributed by atoms with E-state index < -0.39 is 17.8 Å². The molecule has 0 saturated carbocycles. The van der Waals surface area contributed by atoms with E-state index in [9.17, 15) is 14.0 Å². The van der Waals surface area contributed by atoms with Gasteiger partial charge in [0, 0.05) is 6.54 Å². The van der Waals surface area contributed by atoms with Crippen molar-refractivity contribution in [2.24, 2.45) is 0 Å². The van der Waals surface area contributed by atoms with E-state index >= 15 is 0 Å². The van der Waals surface area contributed by atoms with Gasteiger partial charge in [0.05, 0.1) is 11.3 Å². The van der Waals surface area contributed by atoms with E-state index in [2.05, 4.69) is 17.2 Å². The lowest BCUT2D eigenvalue weighted by Crippen LogP contribution is -2.30. The fourth-order valence-corrected chi connectivity index (χ4v) is 1.26. The largest absolute Gasteiger partial charge is 0.478 e. The first-order chi connectivity index (χ1) is 8.54. The smallest absolute Gasteiger partial charge is 0.337 e. The molecule has 5 nitrogen and oxygen atoms in total. The number of carbonyl (C=O) groups is 2. The molecule has 96 valence electrons. The Morgan fingerprint density at radius 2 is 2.17 bits per heavy atom. The first-order valence-corrected chi connectivity index (χ1v) is 5.23. The predicted octanol–water partition coefficient (Wildman–Crippen LogP) is 2.22. The van der Waals surface area contributed by atoms with E-state index in [1.54, 1.807) is 6.08 Å². The molecule has 0 aliphatic carbocycles. The van der Waals surface area contributed by atoms with Crippen LogP contribution in [-0.4, -0.2) is 23.7 Å². The molecule has 1 aromatic carbocycles. The van der Waals surface area contributed by atoms with E-state index in [0.29, 0.717) is 13.0 Å². The normalized spacial score (nSPS) is 9.61. The molecule has 0 heterocycles. The summed E-state index contributed by atoms with van der Waals surface area (Å²) in [7, 11) is 0. The van der Waals surface area contributed by atoms with Crippen molar-refractivity contribution >= 4 is 17.7 Å². The van der Waals surface area contributed by atoms with Gasteiger partial charge in [-0.15, -0.1) is 6.58 Å². The zero-order valence-electron chi connectivity index (χ0n) is 9.57. The van der Waals surface area contributed by atoms with Crippen molar-refractivity contribution < 1.29 is 19.1 Å². The highest BCUT2D eigenvalue weighted by Crippen LogP contribution is 2.17. The van der Waals surface area contributed by atoms with Crippen LogP contribution in [0.2, 0.25) is 0 Å². The van der Waals surface area contributed by atoms with Crippen molar-refractivity contribution in [3.8, 4) is 0 Å². The number of carboxylic acids is 1. The quantitative estimate of drug-likeness (QED) is 0.555. The molecule has 0 radical (unpaired) electrons. The molecule has 0 aliphatic rings. The highest BCUT2D eigenvalue weighted by Gasteiger charge is 2.12. The van der Waals surface area contributed by atoms with Crippen molar-refractivity contribution in [2.45, 2.75) is 6.42 Å².